The van der Waals surface area contributed by atoms with Gasteiger partial charge in [-0.3, -0.25) is 9.59 Å². The van der Waals surface area contributed by atoms with Crippen LogP contribution in [0.1, 0.15) is 19.4 Å². The molecule has 3 rings (SSSR count). The summed E-state index contributed by atoms with van der Waals surface area (Å²) in [5.41, 5.74) is 1.71. The average Bonchev–Trinajstić information content (AvgIpc) is 2.75. The van der Waals surface area contributed by atoms with Gasteiger partial charge in [-0.25, -0.2) is 4.79 Å². The van der Waals surface area contributed by atoms with Gasteiger partial charge in [0.25, 0.3) is 10.9 Å². The van der Waals surface area contributed by atoms with Crippen molar-refractivity contribution in [1.82, 2.24) is 0 Å². The van der Waals surface area contributed by atoms with Crippen molar-refractivity contribution >= 4 is 11.7 Å². The molecule has 0 aliphatic heterocycles. The van der Waals surface area contributed by atoms with E-state index in [1.165, 1.54) is 7.11 Å². The van der Waals surface area contributed by atoms with Gasteiger partial charge in [-0.05, 0) is 30.5 Å². The number of hydrogen-bond acceptors (Lipinski definition) is 6. The van der Waals surface area contributed by atoms with E-state index in [0.717, 1.165) is 16.7 Å². The molecule has 0 heterocycles. The molecule has 1 N–H and O–H groups in total. The minimum atomic E-state index is -0.819. The Kier molecular flexibility index (Phi) is 6.12. The molecule has 3 aromatic rings. The Hall–Kier alpha value is -3.41. The lowest BCUT2D eigenvalue weighted by Gasteiger charge is -2.21. The first-order valence-electron chi connectivity index (χ1n) is 9.39. The van der Waals surface area contributed by atoms with Crippen molar-refractivity contribution in [3.63, 3.8) is 0 Å². The molecule has 0 saturated carbocycles. The maximum absolute atomic E-state index is 12.3. The van der Waals surface area contributed by atoms with Gasteiger partial charge in [0.1, 0.15) is 11.7 Å². The molecule has 0 bridgehead atoms. The molecule has 0 spiro atoms. The Morgan fingerprint density at radius 3 is 2.14 bits per heavy atom. The molecule has 0 amide bonds. The van der Waals surface area contributed by atoms with Gasteiger partial charge in [0, 0.05) is 6.42 Å². The summed E-state index contributed by atoms with van der Waals surface area (Å²) in [6, 6.07) is 16.9. The van der Waals surface area contributed by atoms with Crippen molar-refractivity contribution in [3.8, 4) is 16.9 Å². The minimum Gasteiger partial charge on any atom is -0.485 e. The summed E-state index contributed by atoms with van der Waals surface area (Å²) in [6.45, 7) is 3.51. The third-order valence-corrected chi connectivity index (χ3v) is 4.53. The molecule has 0 aromatic heterocycles. The van der Waals surface area contributed by atoms with E-state index in [1.807, 2.05) is 54.6 Å². The van der Waals surface area contributed by atoms with Crippen molar-refractivity contribution in [1.29, 1.82) is 0 Å². The monoisotopic (exact) mass is 393 g/mol. The van der Waals surface area contributed by atoms with Crippen LogP contribution in [0, 0.1) is 0 Å². The van der Waals surface area contributed by atoms with Gasteiger partial charge in [-0.1, -0.05) is 54.6 Å². The van der Waals surface area contributed by atoms with Crippen LogP contribution in [-0.2, 0) is 16.0 Å². The molecule has 0 fully saturated rings. The van der Waals surface area contributed by atoms with E-state index in [0.29, 0.717) is 6.42 Å². The van der Waals surface area contributed by atoms with E-state index in [2.05, 4.69) is 5.32 Å². The summed E-state index contributed by atoms with van der Waals surface area (Å²) in [7, 11) is 1.28. The molecule has 0 saturated heterocycles. The van der Waals surface area contributed by atoms with Crippen LogP contribution in [0.4, 0.5) is 5.69 Å². The van der Waals surface area contributed by atoms with Gasteiger partial charge in [-0.15, -0.1) is 0 Å². The highest BCUT2D eigenvalue weighted by Crippen LogP contribution is 2.23. The van der Waals surface area contributed by atoms with Crippen LogP contribution in [0.25, 0.3) is 11.1 Å². The molecule has 0 unspecified atom stereocenters. The van der Waals surface area contributed by atoms with E-state index >= 15 is 0 Å². The van der Waals surface area contributed by atoms with Crippen LogP contribution in [0.3, 0.4) is 0 Å². The smallest absolute Gasteiger partial charge is 0.328 e. The second-order valence-electron chi connectivity index (χ2n) is 7.02. The summed E-state index contributed by atoms with van der Waals surface area (Å²) >= 11 is 0. The zero-order valence-corrected chi connectivity index (χ0v) is 16.6. The predicted octanol–water partition coefficient (Wildman–Crippen LogP) is 2.93. The van der Waals surface area contributed by atoms with Crippen LogP contribution in [-0.4, -0.2) is 25.2 Å². The fraction of sp³-hybridized carbons (Fsp3) is 0.261. The lowest BCUT2D eigenvalue weighted by molar-refractivity contribution is -0.141. The van der Waals surface area contributed by atoms with Crippen LogP contribution in [0.5, 0.6) is 5.75 Å². The summed E-state index contributed by atoms with van der Waals surface area (Å²) in [4.78, 5) is 36.0. The van der Waals surface area contributed by atoms with Gasteiger partial charge in [0.2, 0.25) is 0 Å². The quantitative estimate of drug-likeness (QED) is 0.468. The zero-order chi connectivity index (χ0) is 21.0. The van der Waals surface area contributed by atoms with E-state index < -0.39 is 22.9 Å². The predicted molar refractivity (Wildman–Crippen MR) is 112 cm³/mol. The van der Waals surface area contributed by atoms with Gasteiger partial charge in [0.05, 0.1) is 13.2 Å². The molecule has 6 heteroatoms. The van der Waals surface area contributed by atoms with Crippen LogP contribution in [0.2, 0.25) is 0 Å². The van der Waals surface area contributed by atoms with Crippen LogP contribution >= 0.6 is 0 Å². The number of anilines is 1. The fourth-order valence-electron chi connectivity index (χ4n) is 3.06. The number of ether oxygens (including phenoxy) is 2. The topological polar surface area (TPSA) is 81.7 Å². The Morgan fingerprint density at radius 1 is 0.931 bits per heavy atom. The highest BCUT2D eigenvalue weighted by atomic mass is 16.5. The summed E-state index contributed by atoms with van der Waals surface area (Å²) < 4.78 is 10.3. The van der Waals surface area contributed by atoms with Crippen molar-refractivity contribution in [3.05, 3.63) is 80.6 Å². The third kappa shape index (κ3) is 4.54. The molecular formula is C23H23NO5. The van der Waals surface area contributed by atoms with E-state index in [9.17, 15) is 14.4 Å². The Balaban J connectivity index is 1.79. The number of carbonyl (C=O) groups is 1. The normalized spacial score (nSPS) is 12.0. The van der Waals surface area contributed by atoms with Crippen molar-refractivity contribution in [2.45, 2.75) is 32.4 Å². The van der Waals surface area contributed by atoms with Gasteiger partial charge < -0.3 is 14.8 Å². The summed E-state index contributed by atoms with van der Waals surface area (Å²) in [5.74, 6) is -0.556. The Morgan fingerprint density at radius 2 is 1.55 bits per heavy atom. The van der Waals surface area contributed by atoms with Gasteiger partial charge >= 0.3 is 5.97 Å². The van der Waals surface area contributed by atoms with E-state index in [-0.39, 0.29) is 17.5 Å². The number of hydrogen-bond donors (Lipinski definition) is 1. The standard InChI is InChI=1S/C23H23NO5/c1-14(2)29-22-19(20(25)21(22)26)24-18(23(27)28-3)13-15-9-11-17(12-10-15)16-7-5-4-6-8-16/h4-12,14,18,24H,13H2,1-3H3/t18-/m0/s1. The SMILES string of the molecule is COC(=O)[C@H](Cc1ccc(-c2ccccc2)cc1)Nc1c(OC(C)C)c(=O)c1=O. The van der Waals surface area contributed by atoms with E-state index in [4.69, 9.17) is 9.47 Å². The maximum atomic E-state index is 12.3. The minimum absolute atomic E-state index is 0.0278. The summed E-state index contributed by atoms with van der Waals surface area (Å²) in [6.07, 6.45) is 0.0303. The third-order valence-electron chi connectivity index (χ3n) is 4.53. The first-order valence-corrected chi connectivity index (χ1v) is 9.39. The highest BCUT2D eigenvalue weighted by Gasteiger charge is 2.29. The number of esters is 1. The van der Waals surface area contributed by atoms with Crippen molar-refractivity contribution in [2.24, 2.45) is 0 Å². The van der Waals surface area contributed by atoms with Crippen LogP contribution < -0.4 is 20.9 Å². The van der Waals surface area contributed by atoms with Crippen molar-refractivity contribution < 1.29 is 14.3 Å². The summed E-state index contributed by atoms with van der Waals surface area (Å²) in [5, 5.41) is 2.84. The lowest BCUT2D eigenvalue weighted by Crippen LogP contribution is -2.42. The number of methoxy groups -OCH3 is 1. The van der Waals surface area contributed by atoms with Crippen molar-refractivity contribution in [2.75, 3.05) is 12.4 Å². The highest BCUT2D eigenvalue weighted by molar-refractivity contribution is 5.81. The van der Waals surface area contributed by atoms with Gasteiger partial charge in [-0.2, -0.15) is 0 Å². The molecule has 6 nitrogen and oxygen atoms in total. The fourth-order valence-corrected chi connectivity index (χ4v) is 3.06. The molecule has 0 radical (unpaired) electrons. The first kappa shape index (κ1) is 20.3. The largest absolute Gasteiger partial charge is 0.485 e. The number of nitrogens with one attached hydrogen (secondary N) is 1. The second kappa shape index (κ2) is 8.73. The molecule has 1 atom stereocenters. The lowest BCUT2D eigenvalue weighted by atomic mass is 10.0. The maximum Gasteiger partial charge on any atom is 0.328 e. The number of carbonyl (C=O) groups excluding carboxylic acids is 1. The Bertz CT molecular complexity index is 1050. The zero-order valence-electron chi connectivity index (χ0n) is 16.6. The molecular weight excluding hydrogens is 370 g/mol. The van der Waals surface area contributed by atoms with Gasteiger partial charge in [0.15, 0.2) is 5.75 Å². The van der Waals surface area contributed by atoms with Crippen LogP contribution in [0.15, 0.2) is 64.2 Å². The average molecular weight is 393 g/mol. The number of rotatable bonds is 8. The molecule has 0 aliphatic rings. The second-order valence-corrected chi connectivity index (χ2v) is 7.02. The Labute approximate surface area is 168 Å². The molecule has 3 aromatic carbocycles. The molecule has 29 heavy (non-hydrogen) atoms. The first-order chi connectivity index (χ1) is 13.9. The van der Waals surface area contributed by atoms with E-state index in [1.54, 1.807) is 13.8 Å². The molecule has 0 aliphatic carbocycles. The number of benzene rings is 2. The molecule has 150 valence electrons.